The third-order valence-corrected chi connectivity index (χ3v) is 6.10. The van der Waals surface area contributed by atoms with Crippen molar-refractivity contribution in [2.24, 2.45) is 0 Å². The second-order valence-corrected chi connectivity index (χ2v) is 8.57. The average Bonchev–Trinajstić information content (AvgIpc) is 2.99. The van der Waals surface area contributed by atoms with E-state index in [9.17, 15) is 0 Å². The number of pyridine rings is 2. The number of para-hydroxylation sites is 3. The minimum Gasteiger partial charge on any atom is -0.309 e. The molecule has 4 nitrogen and oxygen atoms in total. The molecule has 0 unspecified atom stereocenters. The van der Waals surface area contributed by atoms with Crippen molar-refractivity contribution in [2.45, 2.75) is 0 Å². The van der Waals surface area contributed by atoms with Gasteiger partial charge in [-0.25, -0.2) is 0 Å². The van der Waals surface area contributed by atoms with Gasteiger partial charge in [0, 0.05) is 46.3 Å². The fourth-order valence-corrected chi connectivity index (χ4v) is 4.40. The second-order valence-electron chi connectivity index (χ2n) is 8.57. The van der Waals surface area contributed by atoms with E-state index in [1.165, 1.54) is 0 Å². The predicted octanol–water partition coefficient (Wildman–Crippen LogP) is 9.01. The van der Waals surface area contributed by atoms with E-state index in [1.54, 1.807) is 6.08 Å². The lowest BCUT2D eigenvalue weighted by Crippen LogP contribution is -2.15. The highest BCUT2D eigenvalue weighted by molar-refractivity contribution is 5.80. The van der Waals surface area contributed by atoms with Crippen LogP contribution in [0.1, 0.15) is 0 Å². The van der Waals surface area contributed by atoms with E-state index in [0.717, 1.165) is 45.3 Å². The van der Waals surface area contributed by atoms with E-state index in [2.05, 4.69) is 81.5 Å². The minimum absolute atomic E-state index is 0.899. The van der Waals surface area contributed by atoms with Gasteiger partial charge < -0.3 is 9.80 Å². The van der Waals surface area contributed by atoms with Crippen molar-refractivity contribution < 1.29 is 0 Å². The predicted molar refractivity (Wildman–Crippen MR) is 159 cm³/mol. The van der Waals surface area contributed by atoms with Crippen molar-refractivity contribution in [1.29, 1.82) is 0 Å². The van der Waals surface area contributed by atoms with Crippen molar-refractivity contribution in [3.8, 4) is 11.1 Å². The highest BCUT2D eigenvalue weighted by atomic mass is 15.2. The Hall–Kier alpha value is -5.22. The van der Waals surface area contributed by atoms with Gasteiger partial charge in [-0.2, -0.15) is 0 Å². The molecule has 0 aliphatic rings. The molecule has 0 radical (unpaired) electrons. The van der Waals surface area contributed by atoms with Crippen molar-refractivity contribution in [3.63, 3.8) is 0 Å². The summed E-state index contributed by atoms with van der Waals surface area (Å²) in [4.78, 5) is 13.5. The van der Waals surface area contributed by atoms with Crippen LogP contribution in [0.5, 0.6) is 0 Å². The molecule has 0 saturated carbocycles. The van der Waals surface area contributed by atoms with E-state index in [4.69, 9.17) is 0 Å². The Morgan fingerprint density at radius 1 is 0.553 bits per heavy atom. The van der Waals surface area contributed by atoms with Crippen LogP contribution in [0.15, 0.2) is 165 Å². The standard InChI is InChI=1S/C34H28N4/c1-3-14-29(4-2)37(30-15-8-5-9-16-30)33-21-27(23-35-25-33)28-22-34(26-36-24-28)38(31-17-10-6-11-18-31)32-19-12-7-13-20-32/h3-26H,1-2H2/b29-14+. The normalized spacial score (nSPS) is 11.0. The molecule has 38 heavy (non-hydrogen) atoms. The zero-order chi connectivity index (χ0) is 26.2. The summed E-state index contributed by atoms with van der Waals surface area (Å²) in [6.07, 6.45) is 13.0. The fourth-order valence-electron chi connectivity index (χ4n) is 4.40. The van der Waals surface area contributed by atoms with Crippen molar-refractivity contribution in [2.75, 3.05) is 9.80 Å². The monoisotopic (exact) mass is 492 g/mol. The van der Waals surface area contributed by atoms with Crippen LogP contribution in [0.4, 0.5) is 28.4 Å². The Labute approximate surface area is 224 Å². The summed E-state index contributed by atoms with van der Waals surface area (Å²) < 4.78 is 0. The molecule has 0 aliphatic heterocycles. The van der Waals surface area contributed by atoms with Crippen LogP contribution in [-0.2, 0) is 0 Å². The maximum atomic E-state index is 4.62. The van der Waals surface area contributed by atoms with E-state index in [0.29, 0.717) is 0 Å². The molecule has 0 bridgehead atoms. The van der Waals surface area contributed by atoms with Gasteiger partial charge in [-0.05, 0) is 60.7 Å². The number of benzene rings is 3. The minimum atomic E-state index is 0.899. The molecule has 0 amide bonds. The third-order valence-electron chi connectivity index (χ3n) is 6.10. The van der Waals surface area contributed by atoms with Crippen molar-refractivity contribution >= 4 is 28.4 Å². The lowest BCUT2D eigenvalue weighted by molar-refractivity contribution is 1.18. The first kappa shape index (κ1) is 24.5. The Morgan fingerprint density at radius 3 is 1.53 bits per heavy atom. The van der Waals surface area contributed by atoms with E-state index >= 15 is 0 Å². The molecule has 0 aliphatic carbocycles. The molecule has 4 heteroatoms. The number of nitrogens with zero attached hydrogens (tertiary/aromatic N) is 4. The van der Waals surface area contributed by atoms with Gasteiger partial charge in [-0.3, -0.25) is 9.97 Å². The van der Waals surface area contributed by atoms with Gasteiger partial charge in [0.1, 0.15) is 0 Å². The van der Waals surface area contributed by atoms with Gasteiger partial charge in [0.2, 0.25) is 0 Å². The van der Waals surface area contributed by atoms with Gasteiger partial charge in [-0.15, -0.1) is 0 Å². The summed E-state index contributed by atoms with van der Waals surface area (Å²) in [5.41, 5.74) is 7.83. The lowest BCUT2D eigenvalue weighted by atomic mass is 10.1. The summed E-state index contributed by atoms with van der Waals surface area (Å²) in [6, 6.07) is 35.1. The zero-order valence-electron chi connectivity index (χ0n) is 21.1. The van der Waals surface area contributed by atoms with E-state index < -0.39 is 0 Å². The van der Waals surface area contributed by atoms with Crippen LogP contribution < -0.4 is 9.80 Å². The fraction of sp³-hybridized carbons (Fsp3) is 0. The first-order valence-corrected chi connectivity index (χ1v) is 12.4. The molecule has 5 rings (SSSR count). The largest absolute Gasteiger partial charge is 0.309 e. The number of hydrogen-bond acceptors (Lipinski definition) is 4. The van der Waals surface area contributed by atoms with Gasteiger partial charge in [0.25, 0.3) is 0 Å². The Morgan fingerprint density at radius 2 is 1.03 bits per heavy atom. The number of allylic oxidation sites excluding steroid dienone is 3. The summed E-state index contributed by atoms with van der Waals surface area (Å²) in [7, 11) is 0. The number of rotatable bonds is 9. The second kappa shape index (κ2) is 11.7. The first-order valence-electron chi connectivity index (χ1n) is 12.4. The molecule has 2 aromatic heterocycles. The van der Waals surface area contributed by atoms with Crippen LogP contribution in [0.2, 0.25) is 0 Å². The van der Waals surface area contributed by atoms with Gasteiger partial charge in [0.15, 0.2) is 0 Å². The maximum absolute atomic E-state index is 4.62. The van der Waals surface area contributed by atoms with Crippen LogP contribution in [0, 0.1) is 0 Å². The molecule has 3 aromatic carbocycles. The summed E-state index contributed by atoms with van der Waals surface area (Å²) >= 11 is 0. The van der Waals surface area contributed by atoms with Crippen LogP contribution in [-0.4, -0.2) is 9.97 Å². The van der Waals surface area contributed by atoms with Gasteiger partial charge in [0.05, 0.1) is 23.8 Å². The number of anilines is 5. The summed E-state index contributed by atoms with van der Waals surface area (Å²) in [5.74, 6) is 0. The van der Waals surface area contributed by atoms with E-state index in [-0.39, 0.29) is 0 Å². The lowest BCUT2D eigenvalue weighted by Gasteiger charge is -2.26. The Kier molecular flexibility index (Phi) is 7.52. The number of aromatic nitrogens is 2. The van der Waals surface area contributed by atoms with Crippen molar-refractivity contribution in [1.82, 2.24) is 9.97 Å². The Balaban J connectivity index is 1.59. The smallest absolute Gasteiger partial charge is 0.0651 e. The molecule has 184 valence electrons. The molecule has 5 aromatic rings. The van der Waals surface area contributed by atoms with E-state index in [1.807, 2.05) is 91.5 Å². The maximum Gasteiger partial charge on any atom is 0.0651 e. The first-order chi connectivity index (χ1) is 18.8. The molecule has 0 spiro atoms. The topological polar surface area (TPSA) is 32.3 Å². The molecular formula is C34H28N4. The molecule has 0 saturated heterocycles. The molecule has 2 heterocycles. The van der Waals surface area contributed by atoms with Gasteiger partial charge in [-0.1, -0.05) is 73.8 Å². The SMILES string of the molecule is C=C/C=C(\C=C)N(c1ccccc1)c1cncc(-c2cncc(N(c3ccccc3)c3ccccc3)c2)c1. The highest BCUT2D eigenvalue weighted by Gasteiger charge is 2.16. The number of hydrogen-bond donors (Lipinski definition) is 0. The van der Waals surface area contributed by atoms with Crippen molar-refractivity contribution in [3.05, 3.63) is 165 Å². The molecular weight excluding hydrogens is 464 g/mol. The zero-order valence-corrected chi connectivity index (χ0v) is 21.1. The van der Waals surface area contributed by atoms with Crippen LogP contribution in [0.25, 0.3) is 11.1 Å². The average molecular weight is 493 g/mol. The molecule has 0 N–H and O–H groups in total. The quantitative estimate of drug-likeness (QED) is 0.192. The summed E-state index contributed by atoms with van der Waals surface area (Å²) in [6.45, 7) is 7.91. The van der Waals surface area contributed by atoms with Crippen LogP contribution in [0.3, 0.4) is 0 Å². The molecule has 0 atom stereocenters. The third kappa shape index (κ3) is 5.30. The Bertz CT molecular complexity index is 1500. The summed E-state index contributed by atoms with van der Waals surface area (Å²) in [5, 5.41) is 0. The molecule has 0 fully saturated rings. The highest BCUT2D eigenvalue weighted by Crippen LogP contribution is 2.37. The van der Waals surface area contributed by atoms with Gasteiger partial charge >= 0.3 is 0 Å². The van der Waals surface area contributed by atoms with Crippen LogP contribution >= 0.6 is 0 Å².